The highest BCUT2D eigenvalue weighted by atomic mass is 35.5. The number of phenolic OH excluding ortho intramolecular Hbond substituents is 2. The van der Waals surface area contributed by atoms with Crippen molar-refractivity contribution in [2.75, 3.05) is 17.3 Å². The molecular weight excluding hydrogens is 308 g/mol. The number of phenols is 2. The Morgan fingerprint density at radius 2 is 1.73 bits per heavy atom. The number of halogens is 1. The molecule has 2 aromatic rings. The third-order valence-corrected chi connectivity index (χ3v) is 3.18. The van der Waals surface area contributed by atoms with Crippen LogP contribution in [0.4, 0.5) is 11.4 Å². The van der Waals surface area contributed by atoms with Crippen LogP contribution in [0, 0.1) is 0 Å². The first-order valence-electron chi connectivity index (χ1n) is 6.25. The molecule has 2 rings (SSSR count). The van der Waals surface area contributed by atoms with E-state index in [9.17, 15) is 19.8 Å². The molecule has 0 saturated heterocycles. The summed E-state index contributed by atoms with van der Waals surface area (Å²) in [5.41, 5.74) is 0.484. The average Bonchev–Trinajstić information content (AvgIpc) is 2.50. The van der Waals surface area contributed by atoms with Gasteiger partial charge in [-0.1, -0.05) is 11.6 Å². The van der Waals surface area contributed by atoms with Crippen LogP contribution in [0.15, 0.2) is 42.5 Å². The first-order chi connectivity index (χ1) is 10.4. The molecule has 6 nitrogen and oxygen atoms in total. The topological polar surface area (TPSA) is 89.9 Å². The highest BCUT2D eigenvalue weighted by molar-refractivity contribution is 6.44. The van der Waals surface area contributed by atoms with Gasteiger partial charge in [-0.2, -0.15) is 0 Å². The second-order valence-electron chi connectivity index (χ2n) is 4.50. The van der Waals surface area contributed by atoms with Crippen LogP contribution in [0.25, 0.3) is 0 Å². The Hall–Kier alpha value is -2.73. The van der Waals surface area contributed by atoms with Crippen LogP contribution in [0.3, 0.4) is 0 Å². The Balaban J connectivity index is 2.13. The molecule has 0 aliphatic rings. The molecule has 0 saturated carbocycles. The Labute approximate surface area is 131 Å². The van der Waals surface area contributed by atoms with Gasteiger partial charge < -0.3 is 20.4 Å². The van der Waals surface area contributed by atoms with Crippen molar-refractivity contribution in [3.8, 4) is 11.5 Å². The number of rotatable bonds is 2. The van der Waals surface area contributed by atoms with Gasteiger partial charge in [0.05, 0.1) is 5.69 Å². The molecule has 0 fully saturated rings. The lowest BCUT2D eigenvalue weighted by molar-refractivity contribution is -0.134. The maximum absolute atomic E-state index is 12.1. The van der Waals surface area contributed by atoms with Crippen molar-refractivity contribution in [3.05, 3.63) is 47.5 Å². The molecule has 0 bridgehead atoms. The number of likely N-dealkylation sites (N-methyl/N-ethyl adjacent to an activating group) is 1. The molecule has 0 aliphatic carbocycles. The summed E-state index contributed by atoms with van der Waals surface area (Å²) in [4.78, 5) is 25.1. The normalized spacial score (nSPS) is 10.1. The van der Waals surface area contributed by atoms with Gasteiger partial charge >= 0.3 is 11.8 Å². The Morgan fingerprint density at radius 3 is 2.36 bits per heavy atom. The minimum Gasteiger partial charge on any atom is -0.508 e. The molecule has 3 N–H and O–H groups in total. The van der Waals surface area contributed by atoms with Crippen molar-refractivity contribution < 1.29 is 19.8 Å². The fourth-order valence-corrected chi connectivity index (χ4v) is 1.90. The predicted octanol–water partition coefficient (Wildman–Crippen LogP) is 2.35. The molecule has 0 unspecified atom stereocenters. The number of nitrogens with zero attached hydrogens (tertiary/aromatic N) is 1. The summed E-state index contributed by atoms with van der Waals surface area (Å²) in [5, 5.41) is 21.5. The fourth-order valence-electron chi connectivity index (χ4n) is 1.73. The summed E-state index contributed by atoms with van der Waals surface area (Å²) >= 11 is 5.77. The molecule has 2 amide bonds. The molecule has 0 aliphatic heterocycles. The van der Waals surface area contributed by atoms with Crippen molar-refractivity contribution in [1.29, 1.82) is 0 Å². The van der Waals surface area contributed by atoms with E-state index in [1.165, 1.54) is 49.5 Å². The second kappa shape index (κ2) is 6.36. The Kier molecular flexibility index (Phi) is 4.53. The molecule has 0 spiro atoms. The predicted molar refractivity (Wildman–Crippen MR) is 83.3 cm³/mol. The van der Waals surface area contributed by atoms with Gasteiger partial charge in [0.2, 0.25) is 0 Å². The van der Waals surface area contributed by atoms with Gasteiger partial charge in [0, 0.05) is 17.8 Å². The van der Waals surface area contributed by atoms with E-state index < -0.39 is 11.8 Å². The molecule has 2 aromatic carbocycles. The maximum atomic E-state index is 12.1. The monoisotopic (exact) mass is 320 g/mol. The molecule has 7 heteroatoms. The maximum Gasteiger partial charge on any atom is 0.316 e. The van der Waals surface area contributed by atoms with Gasteiger partial charge in [-0.15, -0.1) is 0 Å². The number of amides is 2. The van der Waals surface area contributed by atoms with Gasteiger partial charge in [0.1, 0.15) is 11.5 Å². The van der Waals surface area contributed by atoms with Crippen LogP contribution in [-0.2, 0) is 9.59 Å². The largest absolute Gasteiger partial charge is 0.508 e. The number of hydrogen-bond acceptors (Lipinski definition) is 4. The summed E-state index contributed by atoms with van der Waals surface area (Å²) in [6.45, 7) is 0. The lowest BCUT2D eigenvalue weighted by Gasteiger charge is -2.17. The molecule has 22 heavy (non-hydrogen) atoms. The number of nitrogens with one attached hydrogen (secondary N) is 1. The van der Waals surface area contributed by atoms with E-state index in [4.69, 9.17) is 11.6 Å². The van der Waals surface area contributed by atoms with E-state index in [1.807, 2.05) is 0 Å². The smallest absolute Gasteiger partial charge is 0.316 e. The van der Waals surface area contributed by atoms with Crippen LogP contribution in [0.5, 0.6) is 11.5 Å². The first-order valence-corrected chi connectivity index (χ1v) is 6.63. The zero-order chi connectivity index (χ0) is 16.3. The standard InChI is InChI=1S/C15H13ClN2O4/c1-18(10-3-5-11(19)6-4-10)15(22)14(21)17-12-8-9(16)2-7-13(12)20/h2-8,19-20H,1H3,(H,17,21). The number of carbonyl (C=O) groups excluding carboxylic acids is 2. The van der Waals surface area contributed by atoms with Gasteiger partial charge in [0.25, 0.3) is 0 Å². The molecule has 0 heterocycles. The zero-order valence-electron chi connectivity index (χ0n) is 11.6. The van der Waals surface area contributed by atoms with Crippen LogP contribution >= 0.6 is 11.6 Å². The fraction of sp³-hybridized carbons (Fsp3) is 0.0667. The third kappa shape index (κ3) is 3.48. The number of anilines is 2. The summed E-state index contributed by atoms with van der Waals surface area (Å²) in [5.74, 6) is -1.89. The summed E-state index contributed by atoms with van der Waals surface area (Å²) < 4.78 is 0. The van der Waals surface area contributed by atoms with Crippen molar-refractivity contribution in [1.82, 2.24) is 0 Å². The Bertz CT molecular complexity index is 716. The third-order valence-electron chi connectivity index (χ3n) is 2.94. The Morgan fingerprint density at radius 1 is 1.09 bits per heavy atom. The highest BCUT2D eigenvalue weighted by Gasteiger charge is 2.21. The summed E-state index contributed by atoms with van der Waals surface area (Å²) in [6, 6.07) is 9.90. The SMILES string of the molecule is CN(C(=O)C(=O)Nc1cc(Cl)ccc1O)c1ccc(O)cc1. The van der Waals surface area contributed by atoms with E-state index in [0.717, 1.165) is 4.90 Å². The molecule has 0 radical (unpaired) electrons. The minimum absolute atomic E-state index is 0.0463. The number of benzene rings is 2. The number of aromatic hydroxyl groups is 2. The van der Waals surface area contributed by atoms with Gasteiger partial charge in [-0.25, -0.2) is 0 Å². The van der Waals surface area contributed by atoms with Crippen molar-refractivity contribution in [3.63, 3.8) is 0 Å². The second-order valence-corrected chi connectivity index (χ2v) is 4.93. The lowest BCUT2D eigenvalue weighted by atomic mass is 10.2. The van der Waals surface area contributed by atoms with E-state index in [1.54, 1.807) is 0 Å². The lowest BCUT2D eigenvalue weighted by Crippen LogP contribution is -2.37. The molecular formula is C15H13ClN2O4. The van der Waals surface area contributed by atoms with Crippen LogP contribution in [-0.4, -0.2) is 29.1 Å². The summed E-state index contributed by atoms with van der Waals surface area (Å²) in [7, 11) is 1.42. The summed E-state index contributed by atoms with van der Waals surface area (Å²) in [6.07, 6.45) is 0. The van der Waals surface area contributed by atoms with Crippen molar-refractivity contribution in [2.24, 2.45) is 0 Å². The quantitative estimate of drug-likeness (QED) is 0.585. The first kappa shape index (κ1) is 15.7. The molecule has 114 valence electrons. The van der Waals surface area contributed by atoms with E-state index in [0.29, 0.717) is 10.7 Å². The van der Waals surface area contributed by atoms with E-state index in [-0.39, 0.29) is 17.2 Å². The highest BCUT2D eigenvalue weighted by Crippen LogP contribution is 2.26. The number of carbonyl (C=O) groups is 2. The van der Waals surface area contributed by atoms with Gasteiger partial charge in [0.15, 0.2) is 0 Å². The van der Waals surface area contributed by atoms with Gasteiger partial charge in [-0.05, 0) is 42.5 Å². The van der Waals surface area contributed by atoms with Crippen LogP contribution in [0.1, 0.15) is 0 Å². The average molecular weight is 321 g/mol. The van der Waals surface area contributed by atoms with Crippen molar-refractivity contribution >= 4 is 34.8 Å². The number of hydrogen-bond donors (Lipinski definition) is 3. The van der Waals surface area contributed by atoms with Crippen molar-refractivity contribution in [2.45, 2.75) is 0 Å². The minimum atomic E-state index is -0.923. The zero-order valence-corrected chi connectivity index (χ0v) is 12.3. The van der Waals surface area contributed by atoms with Gasteiger partial charge in [-0.3, -0.25) is 9.59 Å². The van der Waals surface area contributed by atoms with E-state index >= 15 is 0 Å². The van der Waals surface area contributed by atoms with E-state index in [2.05, 4.69) is 5.32 Å². The van der Waals surface area contributed by atoms with Crippen LogP contribution in [0.2, 0.25) is 5.02 Å². The van der Waals surface area contributed by atoms with Crippen LogP contribution < -0.4 is 10.2 Å². The molecule has 0 atom stereocenters. The molecule has 0 aromatic heterocycles.